The van der Waals surface area contributed by atoms with Crippen LogP contribution in [0.15, 0.2) is 30.5 Å². The molecule has 0 spiro atoms. The van der Waals surface area contributed by atoms with Crippen molar-refractivity contribution < 1.29 is 4.74 Å². The van der Waals surface area contributed by atoms with E-state index >= 15 is 0 Å². The molecule has 4 nitrogen and oxygen atoms in total. The first-order valence-corrected chi connectivity index (χ1v) is 6.71. The Morgan fingerprint density at radius 1 is 1.21 bits per heavy atom. The van der Waals surface area contributed by atoms with E-state index in [9.17, 15) is 0 Å². The maximum Gasteiger partial charge on any atom is 0.119 e. The van der Waals surface area contributed by atoms with Gasteiger partial charge in [-0.2, -0.15) is 5.10 Å². The summed E-state index contributed by atoms with van der Waals surface area (Å²) in [6.07, 6.45) is 3.03. The van der Waals surface area contributed by atoms with Crippen molar-refractivity contribution in [2.75, 3.05) is 11.9 Å². The molecular weight excluding hydrogens is 238 g/mol. The Hall–Kier alpha value is -1.97. The molecule has 2 rings (SSSR count). The Morgan fingerprint density at radius 2 is 1.95 bits per heavy atom. The van der Waals surface area contributed by atoms with Crippen LogP contribution in [-0.4, -0.2) is 16.4 Å². The van der Waals surface area contributed by atoms with E-state index in [1.807, 2.05) is 42.9 Å². The third-order valence-corrected chi connectivity index (χ3v) is 2.97. The Kier molecular flexibility index (Phi) is 4.44. The smallest absolute Gasteiger partial charge is 0.119 e. The molecule has 0 fully saturated rings. The quantitative estimate of drug-likeness (QED) is 0.866. The van der Waals surface area contributed by atoms with E-state index < -0.39 is 0 Å². The van der Waals surface area contributed by atoms with Gasteiger partial charge in [-0.25, -0.2) is 0 Å². The summed E-state index contributed by atoms with van der Waals surface area (Å²) >= 11 is 0. The molecule has 1 heterocycles. The van der Waals surface area contributed by atoms with Gasteiger partial charge in [-0.05, 0) is 37.6 Å². The van der Waals surface area contributed by atoms with Crippen molar-refractivity contribution in [2.24, 2.45) is 7.05 Å². The van der Waals surface area contributed by atoms with Gasteiger partial charge in [-0.1, -0.05) is 6.92 Å². The highest BCUT2D eigenvalue weighted by Gasteiger charge is 2.05. The van der Waals surface area contributed by atoms with Crippen molar-refractivity contribution >= 4 is 5.69 Å². The lowest BCUT2D eigenvalue weighted by molar-refractivity contribution is 0.340. The zero-order valence-corrected chi connectivity index (χ0v) is 11.8. The average molecular weight is 259 g/mol. The molecule has 0 saturated carbocycles. The zero-order valence-electron chi connectivity index (χ0n) is 11.8. The maximum absolute atomic E-state index is 5.42. The maximum atomic E-state index is 5.42. The van der Waals surface area contributed by atoms with Crippen molar-refractivity contribution in [2.45, 2.75) is 26.8 Å². The summed E-state index contributed by atoms with van der Waals surface area (Å²) in [5.41, 5.74) is 3.49. The molecule has 1 aromatic heterocycles. The average Bonchev–Trinajstić information content (AvgIpc) is 2.79. The van der Waals surface area contributed by atoms with Gasteiger partial charge in [0.1, 0.15) is 5.75 Å². The molecule has 4 heteroatoms. The second kappa shape index (κ2) is 6.27. The number of nitrogens with zero attached hydrogens (tertiary/aromatic N) is 2. The zero-order chi connectivity index (χ0) is 13.7. The second-order valence-electron chi connectivity index (χ2n) is 4.44. The topological polar surface area (TPSA) is 39.1 Å². The normalized spacial score (nSPS) is 10.5. The van der Waals surface area contributed by atoms with Crippen LogP contribution in [0.2, 0.25) is 0 Å². The Morgan fingerprint density at radius 3 is 2.58 bits per heavy atom. The number of nitrogens with one attached hydrogen (secondary N) is 1. The second-order valence-corrected chi connectivity index (χ2v) is 4.44. The summed E-state index contributed by atoms with van der Waals surface area (Å²) in [6, 6.07) is 8.03. The van der Waals surface area contributed by atoms with E-state index in [2.05, 4.69) is 23.5 Å². The highest BCUT2D eigenvalue weighted by Crippen LogP contribution is 2.17. The van der Waals surface area contributed by atoms with E-state index in [1.165, 1.54) is 5.56 Å². The van der Waals surface area contributed by atoms with Crippen LogP contribution in [-0.2, 0) is 20.0 Å². The lowest BCUT2D eigenvalue weighted by Crippen LogP contribution is -2.01. The van der Waals surface area contributed by atoms with Gasteiger partial charge in [-0.3, -0.25) is 4.68 Å². The van der Waals surface area contributed by atoms with Crippen LogP contribution in [0, 0.1) is 0 Å². The van der Waals surface area contributed by atoms with Crippen molar-refractivity contribution in [3.05, 3.63) is 41.7 Å². The Bertz CT molecular complexity index is 517. The number of hydrogen-bond donors (Lipinski definition) is 1. The number of benzene rings is 1. The van der Waals surface area contributed by atoms with Crippen LogP contribution in [0.3, 0.4) is 0 Å². The van der Waals surface area contributed by atoms with E-state index in [1.54, 1.807) is 0 Å². The minimum Gasteiger partial charge on any atom is -0.494 e. The fourth-order valence-electron chi connectivity index (χ4n) is 2.06. The largest absolute Gasteiger partial charge is 0.494 e. The van der Waals surface area contributed by atoms with Crippen LogP contribution >= 0.6 is 0 Å². The fraction of sp³-hybridized carbons (Fsp3) is 0.400. The minimum absolute atomic E-state index is 0.697. The first-order chi connectivity index (χ1) is 9.22. The van der Waals surface area contributed by atoms with Gasteiger partial charge in [0.25, 0.3) is 0 Å². The van der Waals surface area contributed by atoms with Gasteiger partial charge in [0.15, 0.2) is 0 Å². The summed E-state index contributed by atoms with van der Waals surface area (Å²) in [5.74, 6) is 0.906. The van der Waals surface area contributed by atoms with Crippen LogP contribution in [0.5, 0.6) is 5.75 Å². The lowest BCUT2D eigenvalue weighted by Gasteiger charge is -2.07. The van der Waals surface area contributed by atoms with Crippen molar-refractivity contribution in [3.8, 4) is 5.75 Å². The molecule has 1 N–H and O–H groups in total. The Labute approximate surface area is 114 Å². The summed E-state index contributed by atoms with van der Waals surface area (Å²) in [7, 11) is 1.96. The van der Waals surface area contributed by atoms with Gasteiger partial charge < -0.3 is 10.1 Å². The molecule has 0 aliphatic carbocycles. The monoisotopic (exact) mass is 259 g/mol. The number of hydrogen-bond acceptors (Lipinski definition) is 3. The number of rotatable bonds is 6. The van der Waals surface area contributed by atoms with Gasteiger partial charge in [-0.15, -0.1) is 0 Å². The number of aryl methyl sites for hydroxylation is 2. The molecule has 0 unspecified atom stereocenters. The van der Waals surface area contributed by atoms with Gasteiger partial charge in [0, 0.05) is 31.0 Å². The lowest BCUT2D eigenvalue weighted by atomic mass is 10.2. The molecule has 0 aliphatic rings. The molecular formula is C15H21N3O. The predicted molar refractivity (Wildman–Crippen MR) is 77.5 cm³/mol. The SMILES string of the molecule is CCOc1ccc(NCc2cn(C)nc2CC)cc1. The van der Waals surface area contributed by atoms with E-state index in [0.717, 1.165) is 30.1 Å². The van der Waals surface area contributed by atoms with Crippen molar-refractivity contribution in [1.82, 2.24) is 9.78 Å². The van der Waals surface area contributed by atoms with Crippen LogP contribution in [0.4, 0.5) is 5.69 Å². The number of aromatic nitrogens is 2. The van der Waals surface area contributed by atoms with Gasteiger partial charge >= 0.3 is 0 Å². The summed E-state index contributed by atoms with van der Waals surface area (Å²) in [6.45, 7) is 5.61. The number of ether oxygens (including phenoxy) is 1. The van der Waals surface area contributed by atoms with Gasteiger partial charge in [0.2, 0.25) is 0 Å². The standard InChI is InChI=1S/C15H21N3O/c1-4-15-12(11-18(3)17-15)10-16-13-6-8-14(9-7-13)19-5-2/h6-9,11,16H,4-5,10H2,1-3H3. The van der Waals surface area contributed by atoms with Crippen LogP contribution < -0.4 is 10.1 Å². The number of anilines is 1. The first-order valence-electron chi connectivity index (χ1n) is 6.71. The van der Waals surface area contributed by atoms with E-state index in [4.69, 9.17) is 4.74 Å². The minimum atomic E-state index is 0.697. The van der Waals surface area contributed by atoms with E-state index in [0.29, 0.717) is 6.61 Å². The first kappa shape index (κ1) is 13.5. The molecule has 0 aliphatic heterocycles. The highest BCUT2D eigenvalue weighted by atomic mass is 16.5. The Balaban J connectivity index is 1.97. The molecule has 102 valence electrons. The molecule has 2 aromatic rings. The summed E-state index contributed by atoms with van der Waals surface area (Å²) in [5, 5.41) is 7.85. The fourth-order valence-corrected chi connectivity index (χ4v) is 2.06. The van der Waals surface area contributed by atoms with Crippen LogP contribution in [0.1, 0.15) is 25.1 Å². The molecule has 0 radical (unpaired) electrons. The molecule has 0 bridgehead atoms. The third kappa shape index (κ3) is 3.50. The predicted octanol–water partition coefficient (Wildman–Crippen LogP) is 2.99. The van der Waals surface area contributed by atoms with E-state index in [-0.39, 0.29) is 0 Å². The molecule has 0 saturated heterocycles. The van der Waals surface area contributed by atoms with Crippen LogP contribution in [0.25, 0.3) is 0 Å². The molecule has 19 heavy (non-hydrogen) atoms. The molecule has 0 atom stereocenters. The van der Waals surface area contributed by atoms with Crippen molar-refractivity contribution in [1.29, 1.82) is 0 Å². The molecule has 1 aromatic carbocycles. The summed E-state index contributed by atoms with van der Waals surface area (Å²) in [4.78, 5) is 0. The summed E-state index contributed by atoms with van der Waals surface area (Å²) < 4.78 is 7.29. The molecule has 0 amide bonds. The third-order valence-electron chi connectivity index (χ3n) is 2.97. The van der Waals surface area contributed by atoms with Gasteiger partial charge in [0.05, 0.1) is 12.3 Å². The van der Waals surface area contributed by atoms with Crippen molar-refractivity contribution in [3.63, 3.8) is 0 Å². The highest BCUT2D eigenvalue weighted by molar-refractivity contribution is 5.46.